The molecule has 2 aliphatic rings. The van der Waals surface area contributed by atoms with E-state index in [2.05, 4.69) is 0 Å². The molecule has 0 bridgehead atoms. The zero-order valence-electron chi connectivity index (χ0n) is 18.1. The molecule has 2 unspecified atom stereocenters. The molecule has 0 aromatic heterocycles. The lowest BCUT2D eigenvalue weighted by Crippen LogP contribution is -2.54. The van der Waals surface area contributed by atoms with Crippen molar-refractivity contribution >= 4 is 46.6 Å². The van der Waals surface area contributed by atoms with Crippen LogP contribution < -0.4 is 4.48 Å². The van der Waals surface area contributed by atoms with Crippen molar-refractivity contribution in [3.63, 3.8) is 0 Å². The third-order valence-corrected chi connectivity index (χ3v) is 6.83. The monoisotopic (exact) mass is 478 g/mol. The lowest BCUT2D eigenvalue weighted by Gasteiger charge is -2.28. The average molecular weight is 479 g/mol. The van der Waals surface area contributed by atoms with Gasteiger partial charge in [-0.1, -0.05) is 58.0 Å². The van der Waals surface area contributed by atoms with Gasteiger partial charge in [0, 0.05) is 33.2 Å². The summed E-state index contributed by atoms with van der Waals surface area (Å²) in [7, 11) is 0. The van der Waals surface area contributed by atoms with Crippen LogP contribution in [0.1, 0.15) is 35.1 Å². The van der Waals surface area contributed by atoms with Gasteiger partial charge in [0.25, 0.3) is 0 Å². The van der Waals surface area contributed by atoms with Crippen LogP contribution in [-0.2, 0) is 22.4 Å². The molecular weight excluding hydrogens is 457 g/mol. The van der Waals surface area contributed by atoms with E-state index in [1.54, 1.807) is 13.0 Å². The Balaban J connectivity index is 1.72. The molecular formula is C27H22Cl2NO3+. The number of halogens is 2. The van der Waals surface area contributed by atoms with E-state index in [1.165, 1.54) is 0 Å². The topological polar surface area (TPSA) is 43.4 Å². The van der Waals surface area contributed by atoms with Gasteiger partial charge in [-0.3, -0.25) is 0 Å². The normalized spacial score (nSPS) is 20.9. The molecule has 0 radical (unpaired) electrons. The smallest absolute Gasteiger partial charge is 0.419 e. The molecule has 2 amide bonds. The van der Waals surface area contributed by atoms with E-state index in [9.17, 15) is 9.59 Å². The fraction of sp³-hybridized carbons (Fsp3) is 0.185. The molecule has 1 heterocycles. The van der Waals surface area contributed by atoms with Crippen LogP contribution in [0.3, 0.4) is 0 Å². The van der Waals surface area contributed by atoms with Crippen LogP contribution >= 0.6 is 23.2 Å². The number of nitrogens with zero attached hydrogens (tertiary/aromatic N) is 1. The Bertz CT molecular complexity index is 1320. The van der Waals surface area contributed by atoms with Crippen molar-refractivity contribution < 1.29 is 14.3 Å². The molecule has 0 fully saturated rings. The van der Waals surface area contributed by atoms with Crippen molar-refractivity contribution in [3.8, 4) is 0 Å². The first-order valence-corrected chi connectivity index (χ1v) is 11.7. The molecule has 6 heteroatoms. The number of imide groups is 1. The standard InChI is InChI=1S/C27H22Cl2NO3/c1-2-33-27(32)30(24-9-4-3-7-18(24)15-26(30)31)25-14-19(12-17-6-5-8-20(28)13-17)23-16-21(29)10-11-22(23)25/h3-11,13-14,16,19H,2,12,15H2,1H3/q+1. The SMILES string of the molecule is CCOC(=O)[N+]1(C2=CC(Cc3cccc(Cl)c3)c3cc(Cl)ccc32)C(=O)Cc2ccccc21. The summed E-state index contributed by atoms with van der Waals surface area (Å²) in [4.78, 5) is 27.2. The van der Waals surface area contributed by atoms with Crippen LogP contribution in [0, 0.1) is 0 Å². The summed E-state index contributed by atoms with van der Waals surface area (Å²) in [6.45, 7) is 1.93. The van der Waals surface area contributed by atoms with E-state index in [0.717, 1.165) is 22.3 Å². The highest BCUT2D eigenvalue weighted by Gasteiger charge is 2.59. The number of para-hydroxylation sites is 1. The molecule has 2 atom stereocenters. The summed E-state index contributed by atoms with van der Waals surface area (Å²) in [6.07, 6.45) is 2.28. The van der Waals surface area contributed by atoms with Crippen molar-refractivity contribution in [3.05, 3.63) is 105 Å². The fourth-order valence-corrected chi connectivity index (χ4v) is 5.40. The summed E-state index contributed by atoms with van der Waals surface area (Å²) in [5.41, 5.74) is 5.00. The Labute approximate surface area is 202 Å². The first kappa shape index (κ1) is 21.9. The Morgan fingerprint density at radius 2 is 1.82 bits per heavy atom. The number of ether oxygens (including phenoxy) is 1. The molecule has 0 saturated carbocycles. The molecule has 1 aliphatic heterocycles. The van der Waals surface area contributed by atoms with E-state index in [4.69, 9.17) is 27.9 Å². The summed E-state index contributed by atoms with van der Waals surface area (Å²) >= 11 is 12.6. The van der Waals surface area contributed by atoms with Crippen LogP contribution in [0.4, 0.5) is 10.5 Å². The summed E-state index contributed by atoms with van der Waals surface area (Å²) in [5.74, 6) is -0.289. The van der Waals surface area contributed by atoms with Crippen LogP contribution in [0.5, 0.6) is 0 Å². The third-order valence-electron chi connectivity index (χ3n) is 6.36. The lowest BCUT2D eigenvalue weighted by molar-refractivity contribution is -0.124. The van der Waals surface area contributed by atoms with Crippen molar-refractivity contribution in [1.29, 1.82) is 0 Å². The number of quaternary nitrogens is 1. The zero-order chi connectivity index (χ0) is 23.2. The molecule has 3 aromatic rings. The van der Waals surface area contributed by atoms with E-state index in [1.807, 2.05) is 66.7 Å². The summed E-state index contributed by atoms with van der Waals surface area (Å²) < 4.78 is 4.94. The predicted octanol–water partition coefficient (Wildman–Crippen LogP) is 6.92. The highest BCUT2D eigenvalue weighted by Crippen LogP contribution is 2.50. The van der Waals surface area contributed by atoms with Crippen molar-refractivity contribution in [2.24, 2.45) is 0 Å². The maximum atomic E-state index is 13.6. The average Bonchev–Trinajstić information content (AvgIpc) is 3.28. The molecule has 33 heavy (non-hydrogen) atoms. The maximum absolute atomic E-state index is 13.6. The van der Waals surface area contributed by atoms with Crippen LogP contribution in [0.15, 0.2) is 72.8 Å². The van der Waals surface area contributed by atoms with Gasteiger partial charge < -0.3 is 4.74 Å². The number of carbonyl (C=O) groups is 2. The maximum Gasteiger partial charge on any atom is 0.534 e. The summed E-state index contributed by atoms with van der Waals surface area (Å²) in [6, 6.07) is 20.8. The number of rotatable bonds is 4. The molecule has 1 aliphatic carbocycles. The number of hydrogen-bond acceptors (Lipinski definition) is 3. The van der Waals surface area contributed by atoms with Gasteiger partial charge in [0.15, 0.2) is 11.4 Å². The number of hydrogen-bond donors (Lipinski definition) is 0. The minimum absolute atomic E-state index is 0.0721. The van der Waals surface area contributed by atoms with E-state index in [-0.39, 0.29) is 24.9 Å². The van der Waals surface area contributed by atoms with Gasteiger partial charge in [-0.15, -0.1) is 0 Å². The quantitative estimate of drug-likeness (QED) is 0.382. The highest BCUT2D eigenvalue weighted by molar-refractivity contribution is 6.31. The van der Waals surface area contributed by atoms with Crippen molar-refractivity contribution in [2.75, 3.05) is 6.61 Å². The van der Waals surface area contributed by atoms with Gasteiger partial charge in [-0.25, -0.2) is 4.79 Å². The van der Waals surface area contributed by atoms with Gasteiger partial charge in [0.1, 0.15) is 0 Å². The van der Waals surface area contributed by atoms with Crippen molar-refractivity contribution in [2.45, 2.75) is 25.7 Å². The number of amides is 2. The molecule has 5 rings (SSSR count). The van der Waals surface area contributed by atoms with Gasteiger partial charge >= 0.3 is 12.0 Å². The van der Waals surface area contributed by atoms with Crippen LogP contribution in [0.2, 0.25) is 10.0 Å². The second-order valence-corrected chi connectivity index (χ2v) is 9.17. The first-order chi connectivity index (χ1) is 15.9. The molecule has 0 saturated heterocycles. The second-order valence-electron chi connectivity index (χ2n) is 8.29. The number of fused-ring (bicyclic) bond motifs is 2. The van der Waals surface area contributed by atoms with E-state index in [0.29, 0.717) is 27.9 Å². The molecule has 166 valence electrons. The van der Waals surface area contributed by atoms with Gasteiger partial charge in [-0.2, -0.15) is 4.79 Å². The van der Waals surface area contributed by atoms with Crippen molar-refractivity contribution in [1.82, 2.24) is 4.48 Å². The lowest BCUT2D eigenvalue weighted by atomic mass is 9.94. The van der Waals surface area contributed by atoms with Gasteiger partial charge in [-0.05, 0) is 60.9 Å². The largest absolute Gasteiger partial charge is 0.534 e. The Kier molecular flexibility index (Phi) is 5.61. The Morgan fingerprint density at radius 1 is 1.03 bits per heavy atom. The number of carbonyl (C=O) groups excluding carboxylic acids is 2. The van der Waals surface area contributed by atoms with Gasteiger partial charge in [0.2, 0.25) is 0 Å². The molecule has 0 spiro atoms. The minimum atomic E-state index is -0.581. The van der Waals surface area contributed by atoms with Crippen LogP contribution in [-0.4, -0.2) is 18.6 Å². The molecule has 4 nitrogen and oxygen atoms in total. The fourth-order valence-electron chi connectivity index (χ4n) is 5.01. The Hall–Kier alpha value is -2.92. The minimum Gasteiger partial charge on any atom is -0.419 e. The zero-order valence-corrected chi connectivity index (χ0v) is 19.6. The third kappa shape index (κ3) is 3.50. The van der Waals surface area contributed by atoms with E-state index < -0.39 is 10.6 Å². The highest BCUT2D eigenvalue weighted by atomic mass is 35.5. The second kappa shape index (κ2) is 8.45. The number of benzene rings is 3. The molecule has 0 N–H and O–H groups in total. The first-order valence-electron chi connectivity index (χ1n) is 10.9. The number of allylic oxidation sites excluding steroid dienone is 1. The molecule has 3 aromatic carbocycles. The van der Waals surface area contributed by atoms with Gasteiger partial charge in [0.05, 0.1) is 13.0 Å². The van der Waals surface area contributed by atoms with Crippen LogP contribution in [0.25, 0.3) is 5.70 Å². The Morgan fingerprint density at radius 3 is 2.61 bits per heavy atom. The summed E-state index contributed by atoms with van der Waals surface area (Å²) in [5, 5.41) is 1.27. The van der Waals surface area contributed by atoms with E-state index >= 15 is 0 Å². The predicted molar refractivity (Wildman–Crippen MR) is 131 cm³/mol.